The van der Waals surface area contributed by atoms with Gasteiger partial charge < -0.3 is 12.0 Å². The maximum atomic E-state index is 7.81. The molecule has 0 bridgehead atoms. The summed E-state index contributed by atoms with van der Waals surface area (Å²) in [6, 6.07) is 0. The summed E-state index contributed by atoms with van der Waals surface area (Å²) in [6.45, 7) is 3.56. The minimum absolute atomic E-state index is 0. The van der Waals surface area contributed by atoms with Crippen LogP contribution >= 0.6 is 0 Å². The molecule has 0 fully saturated rings. The second kappa shape index (κ2) is 8.82. The molecule has 0 atom stereocenters. The van der Waals surface area contributed by atoms with Gasteiger partial charge in [-0.2, -0.15) is 6.42 Å². The Hall–Kier alpha value is 0.454. The molecule has 1 nitrogen and oxygen atoms in total. The second-order valence-electron chi connectivity index (χ2n) is 0.577. The van der Waals surface area contributed by atoms with Crippen LogP contribution in [-0.2, 0) is 16.5 Å². The van der Waals surface area contributed by atoms with E-state index in [1.54, 1.807) is 0 Å². The molecule has 0 aromatic heterocycles. The van der Waals surface area contributed by atoms with E-state index >= 15 is 0 Å². The van der Waals surface area contributed by atoms with Gasteiger partial charge in [0.25, 0.3) is 0 Å². The SMILES string of the molecule is [CH2-]CCO.[Ni]. The van der Waals surface area contributed by atoms with Gasteiger partial charge in [0.15, 0.2) is 0 Å². The molecule has 5 heavy (non-hydrogen) atoms. The largest absolute Gasteiger partial charge is 0.399 e. The van der Waals surface area contributed by atoms with E-state index in [0.29, 0.717) is 6.42 Å². The van der Waals surface area contributed by atoms with Crippen molar-refractivity contribution in [2.24, 2.45) is 0 Å². The molecule has 0 unspecified atom stereocenters. The van der Waals surface area contributed by atoms with Crippen LogP contribution in [0.3, 0.4) is 0 Å². The van der Waals surface area contributed by atoms with Crippen LogP contribution in [0.25, 0.3) is 0 Å². The van der Waals surface area contributed by atoms with Crippen LogP contribution < -0.4 is 0 Å². The quantitative estimate of drug-likeness (QED) is 0.385. The first-order chi connectivity index (χ1) is 1.91. The van der Waals surface area contributed by atoms with Crippen molar-refractivity contribution < 1.29 is 21.6 Å². The molecule has 0 rings (SSSR count). The molecule has 0 aromatic carbocycles. The van der Waals surface area contributed by atoms with Crippen molar-refractivity contribution in [1.29, 1.82) is 0 Å². The fourth-order valence-corrected chi connectivity index (χ4v) is 0. The Labute approximate surface area is 42.3 Å². The van der Waals surface area contributed by atoms with Gasteiger partial charge in [-0.3, -0.25) is 0 Å². The van der Waals surface area contributed by atoms with Crippen molar-refractivity contribution in [3.8, 4) is 0 Å². The molecule has 0 aliphatic carbocycles. The van der Waals surface area contributed by atoms with Crippen molar-refractivity contribution in [1.82, 2.24) is 0 Å². The first-order valence-electron chi connectivity index (χ1n) is 1.32. The molecule has 0 spiro atoms. The monoisotopic (exact) mass is 117 g/mol. The molecule has 0 radical (unpaired) electrons. The molecule has 0 heterocycles. The zero-order valence-corrected chi connectivity index (χ0v) is 3.87. The van der Waals surface area contributed by atoms with Gasteiger partial charge in [-0.15, -0.1) is 0 Å². The Morgan fingerprint density at radius 1 is 1.60 bits per heavy atom. The summed E-state index contributed by atoms with van der Waals surface area (Å²) in [6.07, 6.45) is 0.625. The smallest absolute Gasteiger partial charge is 0.0159 e. The minimum Gasteiger partial charge on any atom is -0.399 e. The van der Waals surface area contributed by atoms with E-state index in [-0.39, 0.29) is 23.1 Å². The van der Waals surface area contributed by atoms with E-state index < -0.39 is 0 Å². The second-order valence-corrected chi connectivity index (χ2v) is 0.577. The number of hydrogen-bond acceptors (Lipinski definition) is 1. The Kier molecular flexibility index (Phi) is 16.0. The normalized spacial score (nSPS) is 6.00. The third kappa shape index (κ3) is 12.7. The number of aliphatic hydroxyl groups is 1. The molecule has 0 saturated carbocycles. The molecule has 2 heteroatoms. The van der Waals surface area contributed by atoms with Crippen LogP contribution in [0.4, 0.5) is 0 Å². The first-order valence-corrected chi connectivity index (χ1v) is 1.32. The van der Waals surface area contributed by atoms with Crippen LogP contribution in [0.15, 0.2) is 0 Å². The van der Waals surface area contributed by atoms with Gasteiger partial charge in [0, 0.05) is 23.1 Å². The Morgan fingerprint density at radius 3 is 1.80 bits per heavy atom. The fraction of sp³-hybridized carbons (Fsp3) is 0.667. The van der Waals surface area contributed by atoms with Crippen LogP contribution in [0.1, 0.15) is 6.42 Å². The van der Waals surface area contributed by atoms with E-state index in [0.717, 1.165) is 0 Å². The van der Waals surface area contributed by atoms with Crippen LogP contribution in [0.5, 0.6) is 0 Å². The third-order valence-electron chi connectivity index (χ3n) is 0.158. The Morgan fingerprint density at radius 2 is 1.80 bits per heavy atom. The molecule has 36 valence electrons. The summed E-state index contributed by atoms with van der Waals surface area (Å²) in [5.41, 5.74) is 0. The first kappa shape index (κ1) is 9.07. The van der Waals surface area contributed by atoms with E-state index in [2.05, 4.69) is 6.92 Å². The summed E-state index contributed by atoms with van der Waals surface area (Å²) in [5, 5.41) is 7.81. The van der Waals surface area contributed by atoms with Crippen molar-refractivity contribution in [2.75, 3.05) is 6.61 Å². The van der Waals surface area contributed by atoms with Crippen LogP contribution in [-0.4, -0.2) is 11.7 Å². The van der Waals surface area contributed by atoms with E-state index in [9.17, 15) is 0 Å². The van der Waals surface area contributed by atoms with Gasteiger partial charge in [0.1, 0.15) is 0 Å². The molecule has 0 aliphatic rings. The molecule has 0 aromatic rings. The van der Waals surface area contributed by atoms with Gasteiger partial charge in [-0.05, 0) is 0 Å². The summed E-state index contributed by atoms with van der Waals surface area (Å²) in [4.78, 5) is 0. The standard InChI is InChI=1S/C3H7O.Ni/c1-2-3-4;/h4H,1-3H2;/q-1;. The predicted octanol–water partition coefficient (Wildman–Crippen LogP) is 0.200. The van der Waals surface area contributed by atoms with Crippen molar-refractivity contribution >= 4 is 0 Å². The van der Waals surface area contributed by atoms with E-state index in [4.69, 9.17) is 5.11 Å². The Bertz CT molecular complexity index is 8.85. The van der Waals surface area contributed by atoms with Crippen molar-refractivity contribution in [2.45, 2.75) is 6.42 Å². The maximum absolute atomic E-state index is 7.81. The summed E-state index contributed by atoms with van der Waals surface area (Å²) >= 11 is 0. The molecule has 0 aliphatic heterocycles. The van der Waals surface area contributed by atoms with Crippen molar-refractivity contribution in [3.05, 3.63) is 6.92 Å². The van der Waals surface area contributed by atoms with Gasteiger partial charge in [0.2, 0.25) is 0 Å². The molecular weight excluding hydrogens is 111 g/mol. The average molecular weight is 118 g/mol. The van der Waals surface area contributed by atoms with Crippen molar-refractivity contribution in [3.63, 3.8) is 0 Å². The fourth-order valence-electron chi connectivity index (χ4n) is 0. The molecule has 1 N–H and O–H groups in total. The maximum Gasteiger partial charge on any atom is 0.0159 e. The van der Waals surface area contributed by atoms with Gasteiger partial charge >= 0.3 is 0 Å². The Balaban J connectivity index is 0. The summed E-state index contributed by atoms with van der Waals surface area (Å²) < 4.78 is 0. The molecular formula is C3H7NiO-. The van der Waals surface area contributed by atoms with E-state index in [1.165, 1.54) is 0 Å². The zero-order chi connectivity index (χ0) is 3.41. The van der Waals surface area contributed by atoms with Gasteiger partial charge in [-0.1, -0.05) is 0 Å². The van der Waals surface area contributed by atoms with Gasteiger partial charge in [-0.25, -0.2) is 0 Å². The topological polar surface area (TPSA) is 20.2 Å². The predicted molar refractivity (Wildman–Crippen MR) is 17.1 cm³/mol. The molecule has 0 saturated heterocycles. The van der Waals surface area contributed by atoms with Crippen LogP contribution in [0, 0.1) is 6.92 Å². The van der Waals surface area contributed by atoms with Gasteiger partial charge in [0.05, 0.1) is 0 Å². The van der Waals surface area contributed by atoms with E-state index in [1.807, 2.05) is 0 Å². The van der Waals surface area contributed by atoms with Crippen LogP contribution in [0.2, 0.25) is 0 Å². The minimum atomic E-state index is 0. The average Bonchev–Trinajstić information content (AvgIpc) is 1.37. The summed E-state index contributed by atoms with van der Waals surface area (Å²) in [5.74, 6) is 0. The zero-order valence-electron chi connectivity index (χ0n) is 2.88. The third-order valence-corrected chi connectivity index (χ3v) is 0.158. The molecule has 0 amide bonds. The number of hydrogen-bond donors (Lipinski definition) is 1. The number of aliphatic hydroxyl groups excluding tert-OH is 1. The number of rotatable bonds is 1. The summed E-state index contributed by atoms with van der Waals surface area (Å²) in [7, 11) is 0.